The third-order valence-corrected chi connectivity index (χ3v) is 2.96. The fourth-order valence-corrected chi connectivity index (χ4v) is 1.79. The number of hydrogen-bond donors (Lipinski definition) is 1. The van der Waals surface area contributed by atoms with Crippen LogP contribution in [0, 0.1) is 6.92 Å². The van der Waals surface area contributed by atoms with Gasteiger partial charge in [0, 0.05) is 20.6 Å². The van der Waals surface area contributed by atoms with Crippen molar-refractivity contribution in [3.05, 3.63) is 63.8 Å². The van der Waals surface area contributed by atoms with E-state index in [1.165, 1.54) is 0 Å². The molecule has 1 aromatic rings. The first-order chi connectivity index (χ1) is 8.47. The van der Waals surface area contributed by atoms with E-state index < -0.39 is 0 Å². The normalized spacial score (nSPS) is 10.9. The zero-order valence-electron chi connectivity index (χ0n) is 11.1. The molecule has 18 heavy (non-hydrogen) atoms. The number of halogens is 2. The smallest absolute Gasteiger partial charge is 0.0532 e. The lowest BCUT2D eigenvalue weighted by Crippen LogP contribution is -2.01. The molecule has 0 bridgehead atoms. The molecule has 0 unspecified atom stereocenters. The Morgan fingerprint density at radius 2 is 1.94 bits per heavy atom. The minimum Gasteiger partial charge on any atom is -0.397 e. The summed E-state index contributed by atoms with van der Waals surface area (Å²) in [6.07, 6.45) is 1.68. The first-order valence-electron chi connectivity index (χ1n) is 5.71. The lowest BCUT2D eigenvalue weighted by Gasteiger charge is -2.10. The highest BCUT2D eigenvalue weighted by Crippen LogP contribution is 2.29. The van der Waals surface area contributed by atoms with Crippen molar-refractivity contribution in [2.75, 3.05) is 0 Å². The van der Waals surface area contributed by atoms with E-state index in [1.54, 1.807) is 6.08 Å². The summed E-state index contributed by atoms with van der Waals surface area (Å²) in [4.78, 5) is 0. The van der Waals surface area contributed by atoms with Crippen molar-refractivity contribution < 1.29 is 0 Å². The molecule has 1 nitrogen and oxygen atoms in total. The molecule has 0 fully saturated rings. The van der Waals surface area contributed by atoms with Gasteiger partial charge in [0.25, 0.3) is 0 Å². The van der Waals surface area contributed by atoms with E-state index in [9.17, 15) is 0 Å². The van der Waals surface area contributed by atoms with Crippen molar-refractivity contribution in [3.8, 4) is 0 Å². The van der Waals surface area contributed by atoms with Gasteiger partial charge in [0.2, 0.25) is 0 Å². The summed E-state index contributed by atoms with van der Waals surface area (Å²) in [6.45, 7) is 13.5. The van der Waals surface area contributed by atoms with Crippen LogP contribution in [0.15, 0.2) is 47.6 Å². The molecule has 0 radical (unpaired) electrons. The quantitative estimate of drug-likeness (QED) is 0.735. The fraction of sp³-hybridized carbons (Fsp3) is 0.200. The summed E-state index contributed by atoms with van der Waals surface area (Å²) in [5.74, 6) is 0. The van der Waals surface area contributed by atoms with Crippen molar-refractivity contribution in [3.63, 3.8) is 0 Å². The summed E-state index contributed by atoms with van der Waals surface area (Å²) in [5, 5.41) is 0.650. The SMILES string of the molecule is C=C/C(=C(/N)C(=C)Br)c1cc(C)ccc1Cl.CC. The predicted octanol–water partition coefficient (Wildman–Crippen LogP) is 5.44. The summed E-state index contributed by atoms with van der Waals surface area (Å²) < 4.78 is 0.625. The molecule has 0 saturated heterocycles. The molecule has 0 aliphatic heterocycles. The topological polar surface area (TPSA) is 26.0 Å². The van der Waals surface area contributed by atoms with Gasteiger partial charge in [-0.3, -0.25) is 0 Å². The summed E-state index contributed by atoms with van der Waals surface area (Å²) in [5.41, 5.74) is 9.24. The standard InChI is InChI=1S/C13H13BrClN.C2H6/c1-4-10(13(16)9(3)14)11-7-8(2)5-6-12(11)15;1-2/h4-7H,1,3,16H2,2H3;1-2H3/b13-10-;. The molecule has 1 rings (SSSR count). The first kappa shape index (κ1) is 17.0. The van der Waals surface area contributed by atoms with E-state index in [-0.39, 0.29) is 0 Å². The third kappa shape index (κ3) is 4.35. The fourth-order valence-electron chi connectivity index (χ4n) is 1.36. The highest BCUT2D eigenvalue weighted by Gasteiger charge is 2.09. The van der Waals surface area contributed by atoms with E-state index in [0.29, 0.717) is 15.2 Å². The monoisotopic (exact) mass is 327 g/mol. The second-order valence-corrected chi connectivity index (χ2v) is 4.78. The van der Waals surface area contributed by atoms with E-state index in [4.69, 9.17) is 17.3 Å². The third-order valence-electron chi connectivity index (χ3n) is 2.20. The van der Waals surface area contributed by atoms with Gasteiger partial charge >= 0.3 is 0 Å². The molecule has 1 aromatic carbocycles. The van der Waals surface area contributed by atoms with Gasteiger partial charge in [-0.2, -0.15) is 0 Å². The number of benzene rings is 1. The zero-order chi connectivity index (χ0) is 14.3. The average molecular weight is 329 g/mol. The average Bonchev–Trinajstić information content (AvgIpc) is 2.36. The van der Waals surface area contributed by atoms with Crippen molar-refractivity contribution in [2.45, 2.75) is 20.8 Å². The second kappa shape index (κ2) is 8.17. The molecule has 0 spiro atoms. The van der Waals surface area contributed by atoms with E-state index >= 15 is 0 Å². The Morgan fingerprint density at radius 1 is 1.39 bits per heavy atom. The Balaban J connectivity index is 0.00000137. The Bertz CT molecular complexity index is 475. The minimum atomic E-state index is 0.544. The summed E-state index contributed by atoms with van der Waals surface area (Å²) in [6, 6.07) is 5.77. The number of aryl methyl sites for hydroxylation is 1. The first-order valence-corrected chi connectivity index (χ1v) is 6.88. The zero-order valence-corrected chi connectivity index (χ0v) is 13.4. The van der Waals surface area contributed by atoms with E-state index in [2.05, 4.69) is 29.1 Å². The van der Waals surface area contributed by atoms with Crippen LogP contribution in [0.25, 0.3) is 5.57 Å². The van der Waals surface area contributed by atoms with Crippen LogP contribution >= 0.6 is 27.5 Å². The molecule has 0 aliphatic carbocycles. The van der Waals surface area contributed by atoms with Crippen LogP contribution in [0.2, 0.25) is 5.02 Å². The Morgan fingerprint density at radius 3 is 2.39 bits per heavy atom. The summed E-state index contributed by atoms with van der Waals surface area (Å²) in [7, 11) is 0. The maximum absolute atomic E-state index is 6.14. The van der Waals surface area contributed by atoms with Crippen LogP contribution < -0.4 is 5.73 Å². The molecule has 0 heterocycles. The van der Waals surface area contributed by atoms with Gasteiger partial charge in [-0.1, -0.05) is 56.3 Å². The molecule has 0 amide bonds. The van der Waals surface area contributed by atoms with Crippen molar-refractivity contribution in [1.82, 2.24) is 0 Å². The Hall–Kier alpha value is -0.990. The summed E-state index contributed by atoms with van der Waals surface area (Å²) >= 11 is 9.39. The molecule has 0 aromatic heterocycles. The van der Waals surface area contributed by atoms with Crippen LogP contribution in [-0.2, 0) is 0 Å². The lowest BCUT2D eigenvalue weighted by atomic mass is 10.0. The van der Waals surface area contributed by atoms with Crippen molar-refractivity contribution in [1.29, 1.82) is 0 Å². The molecular weight excluding hydrogens is 310 g/mol. The van der Waals surface area contributed by atoms with Gasteiger partial charge in [-0.25, -0.2) is 0 Å². The lowest BCUT2D eigenvalue weighted by molar-refractivity contribution is 1.39. The molecule has 98 valence electrons. The maximum atomic E-state index is 6.14. The largest absolute Gasteiger partial charge is 0.397 e. The highest BCUT2D eigenvalue weighted by atomic mass is 79.9. The van der Waals surface area contributed by atoms with Crippen molar-refractivity contribution >= 4 is 33.1 Å². The van der Waals surface area contributed by atoms with Gasteiger partial charge in [0.15, 0.2) is 0 Å². The van der Waals surface area contributed by atoms with Gasteiger partial charge in [0.1, 0.15) is 0 Å². The van der Waals surface area contributed by atoms with Crippen LogP contribution in [0.1, 0.15) is 25.0 Å². The van der Waals surface area contributed by atoms with E-state index in [0.717, 1.165) is 16.7 Å². The second-order valence-electron chi connectivity index (χ2n) is 3.42. The Labute approximate surface area is 123 Å². The maximum Gasteiger partial charge on any atom is 0.0532 e. The molecule has 0 saturated carbocycles. The van der Waals surface area contributed by atoms with Gasteiger partial charge in [-0.15, -0.1) is 0 Å². The van der Waals surface area contributed by atoms with Gasteiger partial charge < -0.3 is 5.73 Å². The van der Waals surface area contributed by atoms with Crippen LogP contribution in [0.3, 0.4) is 0 Å². The molecule has 0 atom stereocenters. The van der Waals surface area contributed by atoms with Crippen LogP contribution in [0.4, 0.5) is 0 Å². The number of rotatable bonds is 3. The molecule has 2 N–H and O–H groups in total. The molecular formula is C15H19BrClN. The highest BCUT2D eigenvalue weighted by molar-refractivity contribution is 9.11. The molecule has 0 aliphatic rings. The Kier molecular flexibility index (Phi) is 7.72. The van der Waals surface area contributed by atoms with Crippen molar-refractivity contribution in [2.24, 2.45) is 5.73 Å². The number of allylic oxidation sites excluding steroid dienone is 3. The van der Waals surface area contributed by atoms with E-state index in [1.807, 2.05) is 39.0 Å². The van der Waals surface area contributed by atoms with Crippen LogP contribution in [0.5, 0.6) is 0 Å². The molecule has 3 heteroatoms. The predicted molar refractivity (Wildman–Crippen MR) is 86.9 cm³/mol. The van der Waals surface area contributed by atoms with Crippen LogP contribution in [-0.4, -0.2) is 0 Å². The minimum absolute atomic E-state index is 0.544. The number of hydrogen-bond acceptors (Lipinski definition) is 1. The van der Waals surface area contributed by atoms with Gasteiger partial charge in [-0.05, 0) is 35.0 Å². The number of nitrogens with two attached hydrogens (primary N) is 1. The van der Waals surface area contributed by atoms with Gasteiger partial charge in [0.05, 0.1) is 5.70 Å².